The summed E-state index contributed by atoms with van der Waals surface area (Å²) in [6, 6.07) is 0. The van der Waals surface area contributed by atoms with Crippen molar-refractivity contribution in [1.82, 2.24) is 0 Å². The lowest BCUT2D eigenvalue weighted by Crippen LogP contribution is -2.12. The Morgan fingerprint density at radius 2 is 2.13 bits per heavy atom. The van der Waals surface area contributed by atoms with E-state index in [2.05, 4.69) is 42.1 Å². The van der Waals surface area contributed by atoms with Crippen molar-refractivity contribution in [3.63, 3.8) is 0 Å². The van der Waals surface area contributed by atoms with Gasteiger partial charge in [0.25, 0.3) is 0 Å². The van der Waals surface area contributed by atoms with E-state index in [0.29, 0.717) is 10.7 Å². The van der Waals surface area contributed by atoms with E-state index in [1.807, 2.05) is 0 Å². The van der Waals surface area contributed by atoms with Gasteiger partial charge in [0, 0.05) is 0 Å². The van der Waals surface area contributed by atoms with Crippen molar-refractivity contribution in [2.24, 2.45) is 11.3 Å². The average molecular weight is 206 g/mol. The Hall–Kier alpha value is -0.195. The zero-order chi connectivity index (χ0) is 11.7. The molecule has 0 nitrogen and oxygen atoms in total. The van der Waals surface area contributed by atoms with E-state index in [-0.39, 0.29) is 0 Å². The van der Waals surface area contributed by atoms with Crippen LogP contribution in [-0.2, 0) is 0 Å². The molecule has 0 amide bonds. The molecule has 0 heterocycles. The molecule has 1 aliphatic carbocycles. The maximum Gasteiger partial charge on any atom is 0.109 e. The molecule has 0 spiro atoms. The van der Waals surface area contributed by atoms with Gasteiger partial charge < -0.3 is 0 Å². The van der Waals surface area contributed by atoms with Gasteiger partial charge >= 0.3 is 0 Å². The first-order valence-corrected chi connectivity index (χ1v) is 6.43. The molecule has 15 heavy (non-hydrogen) atoms. The maximum atomic E-state index is 4.34. The fourth-order valence-electron chi connectivity index (χ4n) is 2.67. The van der Waals surface area contributed by atoms with E-state index in [0.717, 1.165) is 5.92 Å². The summed E-state index contributed by atoms with van der Waals surface area (Å²) in [5.74, 6) is 0.797. The van der Waals surface area contributed by atoms with E-state index in [1.165, 1.54) is 37.7 Å². The van der Waals surface area contributed by atoms with Gasteiger partial charge in [-0.15, -0.1) is 0 Å². The predicted molar refractivity (Wildman–Crippen MR) is 72.1 cm³/mol. The van der Waals surface area contributed by atoms with Crippen LogP contribution < -0.4 is 0 Å². The normalized spacial score (nSPS) is 28.7. The third-order valence-corrected chi connectivity index (χ3v) is 4.21. The van der Waals surface area contributed by atoms with Gasteiger partial charge in [0.05, 0.1) is 0 Å². The molecular formula is C14H27B. The molecule has 0 aromatic carbocycles. The molecule has 0 aromatic rings. The van der Waals surface area contributed by atoms with E-state index in [9.17, 15) is 0 Å². The first kappa shape index (κ1) is 12.9. The maximum absolute atomic E-state index is 4.34. The van der Waals surface area contributed by atoms with Crippen LogP contribution in [0.3, 0.4) is 0 Å². The van der Waals surface area contributed by atoms with Crippen molar-refractivity contribution in [1.29, 1.82) is 0 Å². The van der Waals surface area contributed by atoms with E-state index >= 15 is 0 Å². The molecular weight excluding hydrogens is 179 g/mol. The highest BCUT2D eigenvalue weighted by Gasteiger charge is 2.33. The second-order valence-corrected chi connectivity index (χ2v) is 6.96. The quantitative estimate of drug-likeness (QED) is 0.482. The standard InChI is InChI=1S/C14H27B/c1-6-14(5,15)9-11(2)12-7-8-13(3,4)10-12/h12H,2,6-10,15H2,1,3-5H3. The highest BCUT2D eigenvalue weighted by molar-refractivity contribution is 6.15. The minimum atomic E-state index is 0.448. The van der Waals surface area contributed by atoms with Gasteiger partial charge in [-0.1, -0.05) is 51.6 Å². The Kier molecular flexibility index (Phi) is 3.74. The molecule has 1 heteroatoms. The van der Waals surface area contributed by atoms with Gasteiger partial charge in [0.2, 0.25) is 0 Å². The van der Waals surface area contributed by atoms with Gasteiger partial charge in [-0.2, -0.15) is 0 Å². The van der Waals surface area contributed by atoms with Crippen LogP contribution in [0.5, 0.6) is 0 Å². The lowest BCUT2D eigenvalue weighted by Gasteiger charge is -2.27. The molecule has 0 aliphatic heterocycles. The minimum absolute atomic E-state index is 0.448. The molecule has 86 valence electrons. The van der Waals surface area contributed by atoms with Crippen LogP contribution >= 0.6 is 0 Å². The summed E-state index contributed by atoms with van der Waals surface area (Å²) >= 11 is 0. The lowest BCUT2D eigenvalue weighted by molar-refractivity contribution is 0.367. The van der Waals surface area contributed by atoms with E-state index in [1.54, 1.807) is 0 Å². The van der Waals surface area contributed by atoms with Crippen molar-refractivity contribution in [2.45, 2.75) is 65.1 Å². The molecule has 2 unspecified atom stereocenters. The second-order valence-electron chi connectivity index (χ2n) is 6.96. The summed E-state index contributed by atoms with van der Waals surface area (Å²) in [7, 11) is 2.36. The Morgan fingerprint density at radius 3 is 2.53 bits per heavy atom. The summed E-state index contributed by atoms with van der Waals surface area (Å²) < 4.78 is 0. The van der Waals surface area contributed by atoms with Gasteiger partial charge in [0.1, 0.15) is 7.85 Å². The van der Waals surface area contributed by atoms with Crippen LogP contribution in [0.25, 0.3) is 0 Å². The van der Waals surface area contributed by atoms with Crippen molar-refractivity contribution in [2.75, 3.05) is 0 Å². The Balaban J connectivity index is 2.50. The number of allylic oxidation sites excluding steroid dienone is 1. The van der Waals surface area contributed by atoms with Crippen LogP contribution in [-0.4, -0.2) is 7.85 Å². The highest BCUT2D eigenvalue weighted by atomic mass is 14.4. The third-order valence-electron chi connectivity index (χ3n) is 4.21. The Bertz CT molecular complexity index is 238. The molecule has 0 radical (unpaired) electrons. The fourth-order valence-corrected chi connectivity index (χ4v) is 2.67. The number of rotatable bonds is 4. The molecule has 0 N–H and O–H groups in total. The fraction of sp³-hybridized carbons (Fsp3) is 0.857. The van der Waals surface area contributed by atoms with Crippen molar-refractivity contribution >= 4 is 7.85 Å². The van der Waals surface area contributed by atoms with Crippen LogP contribution in [0.4, 0.5) is 0 Å². The van der Waals surface area contributed by atoms with Crippen LogP contribution in [0.15, 0.2) is 12.2 Å². The van der Waals surface area contributed by atoms with Gasteiger partial charge in [0.15, 0.2) is 0 Å². The Labute approximate surface area is 96.9 Å². The van der Waals surface area contributed by atoms with Gasteiger partial charge in [-0.05, 0) is 37.0 Å². The first-order chi connectivity index (χ1) is 6.76. The molecule has 0 aromatic heterocycles. The smallest absolute Gasteiger partial charge is 0.0996 e. The largest absolute Gasteiger partial charge is 0.109 e. The number of hydrogen-bond donors (Lipinski definition) is 0. The summed E-state index contributed by atoms with van der Waals surface area (Å²) in [6.07, 6.45) is 6.56. The topological polar surface area (TPSA) is 0 Å². The average Bonchev–Trinajstić information content (AvgIpc) is 2.45. The molecule has 2 atom stereocenters. The Morgan fingerprint density at radius 1 is 1.53 bits per heavy atom. The number of hydrogen-bond acceptors (Lipinski definition) is 0. The van der Waals surface area contributed by atoms with Gasteiger partial charge in [-0.25, -0.2) is 0 Å². The summed E-state index contributed by atoms with van der Waals surface area (Å²) in [5.41, 5.74) is 2.07. The second kappa shape index (κ2) is 4.35. The molecule has 1 aliphatic rings. The van der Waals surface area contributed by atoms with Crippen molar-refractivity contribution < 1.29 is 0 Å². The van der Waals surface area contributed by atoms with Crippen LogP contribution in [0.1, 0.15) is 59.8 Å². The van der Waals surface area contributed by atoms with Crippen LogP contribution in [0.2, 0.25) is 5.31 Å². The summed E-state index contributed by atoms with van der Waals surface area (Å²) in [5, 5.41) is 0.448. The van der Waals surface area contributed by atoms with E-state index < -0.39 is 0 Å². The third kappa shape index (κ3) is 3.70. The molecule has 1 rings (SSSR count). The van der Waals surface area contributed by atoms with Crippen LogP contribution in [0, 0.1) is 11.3 Å². The zero-order valence-electron chi connectivity index (χ0n) is 11.3. The molecule has 0 saturated heterocycles. The monoisotopic (exact) mass is 206 g/mol. The minimum Gasteiger partial charge on any atom is -0.0996 e. The summed E-state index contributed by atoms with van der Waals surface area (Å²) in [4.78, 5) is 0. The van der Waals surface area contributed by atoms with Crippen molar-refractivity contribution in [3.8, 4) is 0 Å². The predicted octanol–water partition coefficient (Wildman–Crippen LogP) is 3.98. The molecule has 0 bridgehead atoms. The van der Waals surface area contributed by atoms with Gasteiger partial charge in [-0.3, -0.25) is 0 Å². The zero-order valence-corrected chi connectivity index (χ0v) is 11.3. The first-order valence-electron chi connectivity index (χ1n) is 6.43. The summed E-state index contributed by atoms with van der Waals surface area (Å²) in [6.45, 7) is 13.8. The molecule has 1 saturated carbocycles. The van der Waals surface area contributed by atoms with E-state index in [4.69, 9.17) is 0 Å². The molecule has 1 fully saturated rings. The van der Waals surface area contributed by atoms with Crippen molar-refractivity contribution in [3.05, 3.63) is 12.2 Å². The highest BCUT2D eigenvalue weighted by Crippen LogP contribution is 2.46. The lowest BCUT2D eigenvalue weighted by atomic mass is 9.64. The SMILES string of the molecule is BC(C)(CC)CC(=C)C1CCC(C)(C)C1.